The molecular formula is C21H27N5O. The van der Waals surface area contributed by atoms with E-state index in [1.165, 1.54) is 6.42 Å². The maximum Gasteiger partial charge on any atom is 0.158 e. The van der Waals surface area contributed by atoms with E-state index >= 15 is 0 Å². The fraction of sp³-hybridized carbons (Fsp3) is 0.429. The number of aryl methyl sites for hydroxylation is 1. The SMILES string of the molecule is Cc1cc2nc(-c3ccccc3)cc(NCCN3CCC[C@H](CO)C3)n2n1. The van der Waals surface area contributed by atoms with Gasteiger partial charge < -0.3 is 15.3 Å². The quantitative estimate of drug-likeness (QED) is 0.703. The molecule has 0 spiro atoms. The van der Waals surface area contributed by atoms with Crippen molar-refractivity contribution >= 4 is 11.5 Å². The van der Waals surface area contributed by atoms with Crippen LogP contribution < -0.4 is 5.32 Å². The van der Waals surface area contributed by atoms with Crippen LogP contribution in [0, 0.1) is 12.8 Å². The van der Waals surface area contributed by atoms with Gasteiger partial charge in [-0.1, -0.05) is 30.3 Å². The lowest BCUT2D eigenvalue weighted by Gasteiger charge is -2.31. The van der Waals surface area contributed by atoms with E-state index in [-0.39, 0.29) is 0 Å². The molecule has 2 aromatic heterocycles. The number of anilines is 1. The minimum Gasteiger partial charge on any atom is -0.396 e. The van der Waals surface area contributed by atoms with E-state index in [0.717, 1.165) is 61.0 Å². The first-order valence-corrected chi connectivity index (χ1v) is 9.73. The molecule has 1 aliphatic heterocycles. The molecule has 27 heavy (non-hydrogen) atoms. The number of aliphatic hydroxyl groups is 1. The first kappa shape index (κ1) is 17.9. The molecule has 1 aliphatic rings. The van der Waals surface area contributed by atoms with Gasteiger partial charge in [0, 0.05) is 43.9 Å². The summed E-state index contributed by atoms with van der Waals surface area (Å²) in [6.45, 7) is 6.18. The normalized spacial score (nSPS) is 18.1. The molecule has 4 rings (SSSR count). The number of aromatic nitrogens is 3. The van der Waals surface area contributed by atoms with Crippen LogP contribution in [-0.2, 0) is 0 Å². The minimum absolute atomic E-state index is 0.294. The zero-order chi connectivity index (χ0) is 18.6. The Balaban J connectivity index is 1.52. The predicted molar refractivity (Wildman–Crippen MR) is 108 cm³/mol. The van der Waals surface area contributed by atoms with Gasteiger partial charge in [-0.2, -0.15) is 9.61 Å². The number of rotatable bonds is 6. The standard InChI is InChI=1S/C21H27N5O/c1-16-12-21-23-19(18-7-3-2-4-8-18)13-20(26(21)24-16)22-9-11-25-10-5-6-17(14-25)15-27/h2-4,7-8,12-13,17,22,27H,5-6,9-11,14-15H2,1H3/t17-/m0/s1. The number of aliphatic hydroxyl groups excluding tert-OH is 1. The molecule has 0 amide bonds. The van der Waals surface area contributed by atoms with Crippen LogP contribution in [0.2, 0.25) is 0 Å². The van der Waals surface area contributed by atoms with Crippen LogP contribution >= 0.6 is 0 Å². The monoisotopic (exact) mass is 365 g/mol. The van der Waals surface area contributed by atoms with Gasteiger partial charge in [0.2, 0.25) is 0 Å². The van der Waals surface area contributed by atoms with Crippen LogP contribution in [0.3, 0.4) is 0 Å². The Morgan fingerprint density at radius 1 is 1.22 bits per heavy atom. The van der Waals surface area contributed by atoms with Gasteiger partial charge in [-0.25, -0.2) is 4.98 Å². The number of nitrogens with one attached hydrogen (secondary N) is 1. The van der Waals surface area contributed by atoms with E-state index in [0.29, 0.717) is 12.5 Å². The fourth-order valence-corrected chi connectivity index (χ4v) is 3.82. The van der Waals surface area contributed by atoms with Crippen LogP contribution in [0.4, 0.5) is 5.82 Å². The highest BCUT2D eigenvalue weighted by Gasteiger charge is 2.18. The first-order valence-electron chi connectivity index (χ1n) is 9.73. The summed E-state index contributed by atoms with van der Waals surface area (Å²) in [7, 11) is 0. The number of likely N-dealkylation sites (tertiary alicyclic amines) is 1. The highest BCUT2D eigenvalue weighted by atomic mass is 16.3. The van der Waals surface area contributed by atoms with Gasteiger partial charge in [0.05, 0.1) is 11.4 Å². The molecule has 142 valence electrons. The Labute approximate surface area is 159 Å². The summed E-state index contributed by atoms with van der Waals surface area (Å²) >= 11 is 0. The van der Waals surface area contributed by atoms with Crippen LogP contribution in [0.1, 0.15) is 18.5 Å². The summed E-state index contributed by atoms with van der Waals surface area (Å²) in [4.78, 5) is 7.20. The number of benzene rings is 1. The lowest BCUT2D eigenvalue weighted by molar-refractivity contribution is 0.123. The van der Waals surface area contributed by atoms with Crippen molar-refractivity contribution in [1.82, 2.24) is 19.5 Å². The van der Waals surface area contributed by atoms with Gasteiger partial charge in [0.25, 0.3) is 0 Å². The summed E-state index contributed by atoms with van der Waals surface area (Å²) in [5.74, 6) is 1.38. The van der Waals surface area contributed by atoms with Crippen LogP contribution in [0.15, 0.2) is 42.5 Å². The zero-order valence-corrected chi connectivity index (χ0v) is 15.8. The summed E-state index contributed by atoms with van der Waals surface area (Å²) in [5, 5.41) is 17.5. The van der Waals surface area contributed by atoms with Gasteiger partial charge >= 0.3 is 0 Å². The number of nitrogens with zero attached hydrogens (tertiary/aromatic N) is 4. The van der Waals surface area contributed by atoms with E-state index < -0.39 is 0 Å². The number of hydrogen-bond acceptors (Lipinski definition) is 5. The molecule has 0 saturated carbocycles. The van der Waals surface area contributed by atoms with Crippen molar-refractivity contribution in [3.63, 3.8) is 0 Å². The topological polar surface area (TPSA) is 65.7 Å². The van der Waals surface area contributed by atoms with E-state index in [4.69, 9.17) is 4.98 Å². The Morgan fingerprint density at radius 2 is 2.07 bits per heavy atom. The molecule has 1 fully saturated rings. The van der Waals surface area contributed by atoms with E-state index in [9.17, 15) is 5.11 Å². The average Bonchev–Trinajstić information content (AvgIpc) is 3.09. The van der Waals surface area contributed by atoms with E-state index in [1.54, 1.807) is 0 Å². The van der Waals surface area contributed by atoms with Gasteiger partial charge in [0.1, 0.15) is 5.82 Å². The highest BCUT2D eigenvalue weighted by Crippen LogP contribution is 2.22. The lowest BCUT2D eigenvalue weighted by Crippen LogP contribution is -2.39. The van der Waals surface area contributed by atoms with E-state index in [2.05, 4.69) is 33.5 Å². The molecule has 0 unspecified atom stereocenters. The molecule has 3 aromatic rings. The number of fused-ring (bicyclic) bond motifs is 1. The highest BCUT2D eigenvalue weighted by molar-refractivity contribution is 5.66. The molecule has 6 nitrogen and oxygen atoms in total. The lowest BCUT2D eigenvalue weighted by atomic mass is 9.99. The molecule has 6 heteroatoms. The molecule has 0 bridgehead atoms. The third-order valence-corrected chi connectivity index (χ3v) is 5.21. The number of hydrogen-bond donors (Lipinski definition) is 2. The maximum atomic E-state index is 9.41. The Bertz CT molecular complexity index is 892. The van der Waals surface area contributed by atoms with Crippen molar-refractivity contribution in [3.05, 3.63) is 48.2 Å². The molecule has 1 saturated heterocycles. The minimum atomic E-state index is 0.294. The van der Waals surface area contributed by atoms with Crippen molar-refractivity contribution in [1.29, 1.82) is 0 Å². The van der Waals surface area contributed by atoms with Crippen LogP contribution in [0.25, 0.3) is 16.9 Å². The molecule has 0 aliphatic carbocycles. The second-order valence-corrected chi connectivity index (χ2v) is 7.37. The van der Waals surface area contributed by atoms with Crippen LogP contribution in [0.5, 0.6) is 0 Å². The Kier molecular flexibility index (Phi) is 5.36. The van der Waals surface area contributed by atoms with E-state index in [1.807, 2.05) is 35.7 Å². The number of piperidine rings is 1. The third kappa shape index (κ3) is 4.12. The molecule has 2 N–H and O–H groups in total. The largest absolute Gasteiger partial charge is 0.396 e. The van der Waals surface area contributed by atoms with Crippen molar-refractivity contribution in [2.45, 2.75) is 19.8 Å². The Morgan fingerprint density at radius 3 is 2.89 bits per heavy atom. The smallest absolute Gasteiger partial charge is 0.158 e. The third-order valence-electron chi connectivity index (χ3n) is 5.21. The van der Waals surface area contributed by atoms with Crippen molar-refractivity contribution < 1.29 is 5.11 Å². The van der Waals surface area contributed by atoms with Gasteiger partial charge in [-0.15, -0.1) is 0 Å². The second-order valence-electron chi connectivity index (χ2n) is 7.37. The summed E-state index contributed by atoms with van der Waals surface area (Å²) in [6, 6.07) is 14.3. The van der Waals surface area contributed by atoms with Crippen molar-refractivity contribution in [3.8, 4) is 11.3 Å². The molecule has 0 radical (unpaired) electrons. The summed E-state index contributed by atoms with van der Waals surface area (Å²) < 4.78 is 1.88. The average molecular weight is 365 g/mol. The fourth-order valence-electron chi connectivity index (χ4n) is 3.82. The molecular weight excluding hydrogens is 338 g/mol. The van der Waals surface area contributed by atoms with Crippen molar-refractivity contribution in [2.24, 2.45) is 5.92 Å². The first-order chi connectivity index (χ1) is 13.2. The zero-order valence-electron chi connectivity index (χ0n) is 15.8. The maximum absolute atomic E-state index is 9.41. The molecule has 1 atom stereocenters. The Hall–Kier alpha value is -2.44. The van der Waals surface area contributed by atoms with Crippen molar-refractivity contribution in [2.75, 3.05) is 38.1 Å². The van der Waals surface area contributed by atoms with Gasteiger partial charge in [-0.05, 0) is 32.2 Å². The molecule has 3 heterocycles. The summed E-state index contributed by atoms with van der Waals surface area (Å²) in [6.07, 6.45) is 2.31. The summed E-state index contributed by atoms with van der Waals surface area (Å²) in [5.41, 5.74) is 3.86. The molecule has 1 aromatic carbocycles. The second kappa shape index (κ2) is 8.06. The van der Waals surface area contributed by atoms with Gasteiger partial charge in [0.15, 0.2) is 5.65 Å². The predicted octanol–water partition coefficient (Wildman–Crippen LogP) is 2.82. The van der Waals surface area contributed by atoms with Crippen LogP contribution in [-0.4, -0.2) is 57.4 Å². The van der Waals surface area contributed by atoms with Gasteiger partial charge in [-0.3, -0.25) is 0 Å².